The molecule has 1 aromatic rings. The minimum atomic E-state index is -0.860. The van der Waals surface area contributed by atoms with Gasteiger partial charge >= 0.3 is 0 Å². The van der Waals surface area contributed by atoms with E-state index in [4.69, 9.17) is 11.6 Å². The van der Waals surface area contributed by atoms with Crippen LogP contribution < -0.4 is 10.2 Å². The van der Waals surface area contributed by atoms with Crippen LogP contribution in [0, 0.1) is 0 Å². The molecule has 0 saturated carbocycles. The molecule has 5 nitrogen and oxygen atoms in total. The van der Waals surface area contributed by atoms with Gasteiger partial charge in [0.1, 0.15) is 5.82 Å². The Bertz CT molecular complexity index is 435. The summed E-state index contributed by atoms with van der Waals surface area (Å²) in [6, 6.07) is 3.48. The third-order valence-corrected chi connectivity index (χ3v) is 3.16. The molecule has 6 heteroatoms. The smallest absolute Gasteiger partial charge is 0.239 e. The monoisotopic (exact) mass is 299 g/mol. The average molecular weight is 300 g/mol. The molecule has 0 bridgehead atoms. The minimum Gasteiger partial charge on any atom is -0.388 e. The molecule has 0 aromatic carbocycles. The summed E-state index contributed by atoms with van der Waals surface area (Å²) in [6.07, 6.45) is 3.07. The Morgan fingerprint density at radius 1 is 1.55 bits per heavy atom. The maximum atomic E-state index is 11.8. The maximum Gasteiger partial charge on any atom is 0.239 e. The summed E-state index contributed by atoms with van der Waals surface area (Å²) in [5.41, 5.74) is -0.860. The van der Waals surface area contributed by atoms with Crippen LogP contribution in [-0.2, 0) is 4.79 Å². The van der Waals surface area contributed by atoms with Crippen LogP contribution in [0.2, 0.25) is 5.02 Å². The fourth-order valence-electron chi connectivity index (χ4n) is 1.86. The van der Waals surface area contributed by atoms with Crippen LogP contribution in [0.4, 0.5) is 5.82 Å². The number of hydrogen-bond acceptors (Lipinski definition) is 4. The maximum absolute atomic E-state index is 11.8. The number of carbonyl (C=O) groups excluding carboxylic acids is 1. The van der Waals surface area contributed by atoms with Crippen molar-refractivity contribution in [1.29, 1.82) is 0 Å². The summed E-state index contributed by atoms with van der Waals surface area (Å²) in [6.45, 7) is 4.15. The zero-order chi connectivity index (χ0) is 15.2. The van der Waals surface area contributed by atoms with Crippen LogP contribution in [0.1, 0.15) is 26.7 Å². The minimum absolute atomic E-state index is 0.152. The molecule has 1 aromatic heterocycles. The van der Waals surface area contributed by atoms with Crippen LogP contribution in [0.5, 0.6) is 0 Å². The molecule has 1 rings (SSSR count). The number of halogens is 1. The highest BCUT2D eigenvalue weighted by Crippen LogP contribution is 2.13. The predicted molar refractivity (Wildman–Crippen MR) is 81.1 cm³/mol. The van der Waals surface area contributed by atoms with Gasteiger partial charge in [0.2, 0.25) is 5.91 Å². The molecule has 1 amide bonds. The molecular formula is C14H22ClN3O2. The SMILES string of the molecule is CCCC(C)(O)CNC(=O)CN(C)c1ccc(Cl)cn1. The van der Waals surface area contributed by atoms with Gasteiger partial charge in [0.15, 0.2) is 0 Å². The van der Waals surface area contributed by atoms with E-state index < -0.39 is 5.60 Å². The molecule has 112 valence electrons. The number of likely N-dealkylation sites (N-methyl/N-ethyl adjacent to an activating group) is 1. The summed E-state index contributed by atoms with van der Waals surface area (Å²) < 4.78 is 0. The molecule has 0 spiro atoms. The summed E-state index contributed by atoms with van der Waals surface area (Å²) >= 11 is 5.76. The quantitative estimate of drug-likeness (QED) is 0.806. The van der Waals surface area contributed by atoms with Crippen molar-refractivity contribution in [1.82, 2.24) is 10.3 Å². The number of carbonyl (C=O) groups is 1. The van der Waals surface area contributed by atoms with Crippen LogP contribution >= 0.6 is 11.6 Å². The van der Waals surface area contributed by atoms with E-state index in [0.29, 0.717) is 17.3 Å². The summed E-state index contributed by atoms with van der Waals surface area (Å²) in [5, 5.41) is 13.3. The second-order valence-corrected chi connectivity index (χ2v) is 5.65. The van der Waals surface area contributed by atoms with Crippen molar-refractivity contribution in [2.75, 3.05) is 25.0 Å². The Labute approximate surface area is 125 Å². The second-order valence-electron chi connectivity index (χ2n) is 5.21. The Kier molecular flexibility index (Phi) is 6.23. The number of hydrogen-bond donors (Lipinski definition) is 2. The Morgan fingerprint density at radius 2 is 2.25 bits per heavy atom. The van der Waals surface area contributed by atoms with Crippen LogP contribution in [0.15, 0.2) is 18.3 Å². The van der Waals surface area contributed by atoms with E-state index in [1.807, 2.05) is 6.92 Å². The zero-order valence-electron chi connectivity index (χ0n) is 12.2. The van der Waals surface area contributed by atoms with Crippen molar-refractivity contribution >= 4 is 23.3 Å². The van der Waals surface area contributed by atoms with E-state index in [0.717, 1.165) is 6.42 Å². The third kappa shape index (κ3) is 5.75. The molecular weight excluding hydrogens is 278 g/mol. The highest BCUT2D eigenvalue weighted by atomic mass is 35.5. The first-order chi connectivity index (χ1) is 9.34. The highest BCUT2D eigenvalue weighted by molar-refractivity contribution is 6.30. The third-order valence-electron chi connectivity index (χ3n) is 2.94. The van der Waals surface area contributed by atoms with Gasteiger partial charge < -0.3 is 15.3 Å². The van der Waals surface area contributed by atoms with Crippen molar-refractivity contribution in [3.63, 3.8) is 0 Å². The molecule has 20 heavy (non-hydrogen) atoms. The molecule has 0 aliphatic heterocycles. The predicted octanol–water partition coefficient (Wildman–Crippen LogP) is 1.84. The van der Waals surface area contributed by atoms with E-state index in [-0.39, 0.29) is 19.0 Å². The molecule has 1 unspecified atom stereocenters. The van der Waals surface area contributed by atoms with Gasteiger partial charge in [-0.3, -0.25) is 4.79 Å². The van der Waals surface area contributed by atoms with Crippen LogP contribution in [0.3, 0.4) is 0 Å². The molecule has 2 N–H and O–H groups in total. The van der Waals surface area contributed by atoms with Gasteiger partial charge in [0, 0.05) is 19.8 Å². The second kappa shape index (κ2) is 7.45. The van der Waals surface area contributed by atoms with E-state index in [1.54, 1.807) is 31.0 Å². The lowest BCUT2D eigenvalue weighted by molar-refractivity contribution is -0.120. The van der Waals surface area contributed by atoms with Crippen molar-refractivity contribution in [3.05, 3.63) is 23.4 Å². The fraction of sp³-hybridized carbons (Fsp3) is 0.571. The molecule has 1 atom stereocenters. The number of aromatic nitrogens is 1. The number of nitrogens with zero attached hydrogens (tertiary/aromatic N) is 2. The molecule has 1 heterocycles. The Morgan fingerprint density at radius 3 is 2.80 bits per heavy atom. The topological polar surface area (TPSA) is 65.5 Å². The summed E-state index contributed by atoms with van der Waals surface area (Å²) in [4.78, 5) is 17.7. The van der Waals surface area contributed by atoms with Gasteiger partial charge in [0.25, 0.3) is 0 Å². The summed E-state index contributed by atoms with van der Waals surface area (Å²) in [7, 11) is 1.78. The Balaban J connectivity index is 2.44. The zero-order valence-corrected chi connectivity index (χ0v) is 12.9. The molecule has 0 fully saturated rings. The molecule has 0 saturated heterocycles. The van der Waals surface area contributed by atoms with Crippen LogP contribution in [0.25, 0.3) is 0 Å². The lowest BCUT2D eigenvalue weighted by Crippen LogP contribution is -2.44. The van der Waals surface area contributed by atoms with E-state index in [9.17, 15) is 9.90 Å². The van der Waals surface area contributed by atoms with Gasteiger partial charge in [-0.05, 0) is 25.5 Å². The van der Waals surface area contributed by atoms with Crippen molar-refractivity contribution in [3.8, 4) is 0 Å². The lowest BCUT2D eigenvalue weighted by atomic mass is 10.0. The molecule has 0 radical (unpaired) electrons. The van der Waals surface area contributed by atoms with Gasteiger partial charge in [-0.2, -0.15) is 0 Å². The van der Waals surface area contributed by atoms with E-state index >= 15 is 0 Å². The molecule has 0 aliphatic carbocycles. The largest absolute Gasteiger partial charge is 0.388 e. The highest BCUT2D eigenvalue weighted by Gasteiger charge is 2.20. The fourth-order valence-corrected chi connectivity index (χ4v) is 1.97. The number of nitrogens with one attached hydrogen (secondary N) is 1. The van der Waals surface area contributed by atoms with Crippen molar-refractivity contribution in [2.24, 2.45) is 0 Å². The lowest BCUT2D eigenvalue weighted by Gasteiger charge is -2.24. The van der Waals surface area contributed by atoms with Crippen molar-refractivity contribution < 1.29 is 9.90 Å². The van der Waals surface area contributed by atoms with Crippen LogP contribution in [-0.4, -0.2) is 41.7 Å². The number of pyridine rings is 1. The van der Waals surface area contributed by atoms with Gasteiger partial charge in [-0.1, -0.05) is 24.9 Å². The normalized spacial score (nSPS) is 13.7. The standard InChI is InChI=1S/C14H22ClN3O2/c1-4-7-14(2,20)10-17-13(19)9-18(3)12-6-5-11(15)8-16-12/h5-6,8,20H,4,7,9-10H2,1-3H3,(H,17,19). The first-order valence-corrected chi connectivity index (χ1v) is 7.03. The number of amides is 1. The number of rotatable bonds is 7. The van der Waals surface area contributed by atoms with Crippen molar-refractivity contribution in [2.45, 2.75) is 32.3 Å². The summed E-state index contributed by atoms with van der Waals surface area (Å²) in [5.74, 6) is 0.519. The van der Waals surface area contributed by atoms with E-state index in [1.165, 1.54) is 6.20 Å². The van der Waals surface area contributed by atoms with Gasteiger partial charge in [-0.25, -0.2) is 4.98 Å². The first-order valence-electron chi connectivity index (χ1n) is 6.66. The number of aliphatic hydroxyl groups is 1. The molecule has 0 aliphatic rings. The van der Waals surface area contributed by atoms with Gasteiger partial charge in [-0.15, -0.1) is 0 Å². The number of anilines is 1. The van der Waals surface area contributed by atoms with Gasteiger partial charge in [0.05, 0.1) is 17.2 Å². The average Bonchev–Trinajstić information content (AvgIpc) is 2.37. The Hall–Kier alpha value is -1.33. The van der Waals surface area contributed by atoms with E-state index in [2.05, 4.69) is 10.3 Å². The first kappa shape index (κ1) is 16.7.